The van der Waals surface area contributed by atoms with Gasteiger partial charge < -0.3 is 5.32 Å². The Labute approximate surface area is 157 Å². The number of pyridine rings is 1. The molecule has 130 valence electrons. The third-order valence-electron chi connectivity index (χ3n) is 3.59. The van der Waals surface area contributed by atoms with Crippen LogP contribution in [0.25, 0.3) is 16.2 Å². The summed E-state index contributed by atoms with van der Waals surface area (Å²) in [6, 6.07) is 9.66. The van der Waals surface area contributed by atoms with Crippen LogP contribution in [0.4, 0.5) is 5.82 Å². The molecule has 4 aromatic rings. The number of nitrogens with one attached hydrogen (secondary N) is 1. The second-order valence-corrected chi connectivity index (χ2v) is 6.23. The van der Waals surface area contributed by atoms with Gasteiger partial charge in [0.15, 0.2) is 5.65 Å². The number of hydrogen-bond acceptors (Lipinski definition) is 5. The van der Waals surface area contributed by atoms with E-state index >= 15 is 0 Å². The van der Waals surface area contributed by atoms with Gasteiger partial charge in [0.25, 0.3) is 0 Å². The van der Waals surface area contributed by atoms with Crippen molar-refractivity contribution in [2.24, 2.45) is 0 Å². The van der Waals surface area contributed by atoms with Crippen LogP contribution in [-0.2, 0) is 6.54 Å². The summed E-state index contributed by atoms with van der Waals surface area (Å²) < 4.78 is 2.71. The maximum atomic E-state index is 9.50. The quantitative estimate of drug-likeness (QED) is 0.332. The summed E-state index contributed by atoms with van der Waals surface area (Å²) in [5.74, 6) is 0.786. The van der Waals surface area contributed by atoms with Gasteiger partial charge in [-0.25, -0.2) is 4.98 Å². The summed E-state index contributed by atoms with van der Waals surface area (Å²) >= 11 is 1.62. The van der Waals surface area contributed by atoms with Crippen molar-refractivity contribution in [2.75, 3.05) is 5.32 Å². The van der Waals surface area contributed by atoms with Gasteiger partial charge in [-0.05, 0) is 23.0 Å². The van der Waals surface area contributed by atoms with E-state index in [1.165, 1.54) is 0 Å². The molecule has 4 rings (SSSR count). The molecule has 0 aliphatic carbocycles. The van der Waals surface area contributed by atoms with Crippen molar-refractivity contribution in [3.8, 4) is 10.6 Å². The largest absolute Gasteiger partial charge is 0.366 e. The normalized spacial score (nSPS) is 10.4. The average molecular weight is 364 g/mol. The van der Waals surface area contributed by atoms with E-state index in [9.17, 15) is 5.21 Å². The van der Waals surface area contributed by atoms with E-state index in [0.717, 1.165) is 26.7 Å². The van der Waals surface area contributed by atoms with Gasteiger partial charge in [0.05, 0.1) is 10.6 Å². The van der Waals surface area contributed by atoms with E-state index in [-0.39, 0.29) is 0 Å². The highest BCUT2D eigenvalue weighted by atomic mass is 32.1. The van der Waals surface area contributed by atoms with Gasteiger partial charge in [0.2, 0.25) is 12.4 Å². The maximum Gasteiger partial charge on any atom is 0.227 e. The Hall–Kier alpha value is -2.87. The highest BCUT2D eigenvalue weighted by Gasteiger charge is 2.11. The standard InChI is InChI=1S/C16H13BN5OS.C2H6/c17-12-9-19-22-15(18-8-11-3-1-5-21(23)10-11)7-13(20-16(12)22)14-4-2-6-24-14;1-2/h1-7,9-10,18,23H,8H2;1-2H3/q+1;. The monoisotopic (exact) mass is 364 g/mol. The summed E-state index contributed by atoms with van der Waals surface area (Å²) in [6.45, 7) is 4.53. The number of aromatic nitrogens is 4. The SMILES string of the molecule is CC.[B]c1cnn2c(NCc3ccc[n+](O)c3)cc(-c3cccs3)nc12. The van der Waals surface area contributed by atoms with E-state index in [1.54, 1.807) is 40.5 Å². The van der Waals surface area contributed by atoms with Crippen molar-refractivity contribution in [1.29, 1.82) is 0 Å². The zero-order valence-corrected chi connectivity index (χ0v) is 15.4. The summed E-state index contributed by atoms with van der Waals surface area (Å²) in [5, 5.41) is 19.1. The fraction of sp³-hybridized carbons (Fsp3) is 0.167. The zero-order valence-electron chi connectivity index (χ0n) is 14.6. The van der Waals surface area contributed by atoms with E-state index < -0.39 is 0 Å². The molecule has 8 heteroatoms. The van der Waals surface area contributed by atoms with Gasteiger partial charge in [-0.15, -0.1) is 11.3 Å². The predicted molar refractivity (Wildman–Crippen MR) is 104 cm³/mol. The van der Waals surface area contributed by atoms with Crippen molar-refractivity contribution in [2.45, 2.75) is 20.4 Å². The third-order valence-corrected chi connectivity index (χ3v) is 4.49. The number of nitrogens with zero attached hydrogens (tertiary/aromatic N) is 4. The van der Waals surface area contributed by atoms with Gasteiger partial charge in [-0.2, -0.15) is 9.61 Å². The van der Waals surface area contributed by atoms with Crippen molar-refractivity contribution in [3.05, 3.63) is 59.9 Å². The summed E-state index contributed by atoms with van der Waals surface area (Å²) in [7, 11) is 5.99. The molecular weight excluding hydrogens is 345 g/mol. The summed E-state index contributed by atoms with van der Waals surface area (Å²) in [4.78, 5) is 5.67. The molecule has 6 nitrogen and oxygen atoms in total. The van der Waals surface area contributed by atoms with E-state index in [0.29, 0.717) is 17.7 Å². The molecule has 4 aromatic heterocycles. The van der Waals surface area contributed by atoms with Crippen LogP contribution in [0.15, 0.2) is 54.3 Å². The molecule has 0 saturated carbocycles. The lowest BCUT2D eigenvalue weighted by molar-refractivity contribution is -0.905. The maximum absolute atomic E-state index is 9.50. The second kappa shape index (κ2) is 8.01. The van der Waals surface area contributed by atoms with Gasteiger partial charge >= 0.3 is 0 Å². The van der Waals surface area contributed by atoms with E-state index in [4.69, 9.17) is 7.85 Å². The Morgan fingerprint density at radius 2 is 2.15 bits per heavy atom. The molecule has 2 N–H and O–H groups in total. The van der Waals surface area contributed by atoms with Gasteiger partial charge in [-0.1, -0.05) is 19.9 Å². The van der Waals surface area contributed by atoms with E-state index in [2.05, 4.69) is 15.4 Å². The van der Waals surface area contributed by atoms with Crippen LogP contribution >= 0.6 is 11.3 Å². The molecule has 0 atom stereocenters. The first kappa shape index (κ1) is 17.9. The topological polar surface area (TPSA) is 66.3 Å². The molecule has 0 spiro atoms. The molecular formula is C18H19BN5OS+. The smallest absolute Gasteiger partial charge is 0.227 e. The average Bonchev–Trinajstić information content (AvgIpc) is 3.32. The fourth-order valence-electron chi connectivity index (χ4n) is 2.46. The predicted octanol–water partition coefficient (Wildman–Crippen LogP) is 2.41. The molecule has 0 fully saturated rings. The van der Waals surface area contributed by atoms with E-state index in [1.807, 2.05) is 43.5 Å². The third kappa shape index (κ3) is 3.70. The molecule has 0 unspecified atom stereocenters. The molecule has 26 heavy (non-hydrogen) atoms. The highest BCUT2D eigenvalue weighted by molar-refractivity contribution is 7.13. The molecule has 0 aromatic carbocycles. The number of anilines is 1. The number of rotatable bonds is 4. The van der Waals surface area contributed by atoms with Gasteiger partial charge in [0, 0.05) is 35.2 Å². The lowest BCUT2D eigenvalue weighted by Crippen LogP contribution is -2.29. The zero-order chi connectivity index (χ0) is 18.5. The van der Waals surface area contributed by atoms with Crippen LogP contribution in [0.2, 0.25) is 0 Å². The van der Waals surface area contributed by atoms with Crippen LogP contribution in [0.3, 0.4) is 0 Å². The second-order valence-electron chi connectivity index (χ2n) is 5.29. The number of hydrogen-bond donors (Lipinski definition) is 2. The molecule has 2 radical (unpaired) electrons. The first-order valence-corrected chi connectivity index (χ1v) is 9.20. The number of fused-ring (bicyclic) bond motifs is 1. The first-order valence-electron chi connectivity index (χ1n) is 8.32. The van der Waals surface area contributed by atoms with Crippen LogP contribution in [0.1, 0.15) is 19.4 Å². The molecule has 0 aliphatic heterocycles. The number of thiophene rings is 1. The summed E-state index contributed by atoms with van der Waals surface area (Å²) in [6.07, 6.45) is 4.80. The first-order chi connectivity index (χ1) is 12.7. The Morgan fingerprint density at radius 1 is 1.31 bits per heavy atom. The molecule has 0 bridgehead atoms. The van der Waals surface area contributed by atoms with Crippen molar-refractivity contribution in [1.82, 2.24) is 14.6 Å². The van der Waals surface area contributed by atoms with Crippen LogP contribution < -0.4 is 15.5 Å². The van der Waals surface area contributed by atoms with Gasteiger partial charge in [-0.3, -0.25) is 5.21 Å². The van der Waals surface area contributed by atoms with Crippen LogP contribution in [0, 0.1) is 0 Å². The Morgan fingerprint density at radius 3 is 2.88 bits per heavy atom. The minimum atomic E-state index is 0.532. The Bertz CT molecular complexity index is 1000. The molecule has 4 heterocycles. The van der Waals surface area contributed by atoms with Crippen molar-refractivity contribution >= 4 is 36.1 Å². The van der Waals surface area contributed by atoms with Crippen molar-refractivity contribution < 1.29 is 9.94 Å². The minimum absolute atomic E-state index is 0.532. The van der Waals surface area contributed by atoms with Crippen molar-refractivity contribution in [3.63, 3.8) is 0 Å². The molecule has 0 saturated heterocycles. The van der Waals surface area contributed by atoms with Crippen LogP contribution in [-0.4, -0.2) is 27.7 Å². The molecule has 0 amide bonds. The summed E-state index contributed by atoms with van der Waals surface area (Å²) in [5.41, 5.74) is 2.93. The minimum Gasteiger partial charge on any atom is -0.366 e. The Kier molecular flexibility index (Phi) is 5.53. The lowest BCUT2D eigenvalue weighted by Gasteiger charge is -2.10. The lowest BCUT2D eigenvalue weighted by atomic mass is 10.0. The Balaban J connectivity index is 0.000000948. The fourth-order valence-corrected chi connectivity index (χ4v) is 3.15. The highest BCUT2D eigenvalue weighted by Crippen LogP contribution is 2.25. The van der Waals surface area contributed by atoms with Crippen LogP contribution in [0.5, 0.6) is 0 Å². The van der Waals surface area contributed by atoms with Gasteiger partial charge in [0.1, 0.15) is 13.7 Å². The molecule has 0 aliphatic rings.